The Bertz CT molecular complexity index is 1060. The van der Waals surface area contributed by atoms with Crippen molar-refractivity contribution in [2.45, 2.75) is 25.7 Å². The van der Waals surface area contributed by atoms with Crippen LogP contribution in [0.1, 0.15) is 22.3 Å². The third-order valence-corrected chi connectivity index (χ3v) is 5.37. The van der Waals surface area contributed by atoms with Crippen LogP contribution < -0.4 is 0 Å². The number of hydrogen-bond acceptors (Lipinski definition) is 2. The SMILES string of the molecule is c1ccc(-c2cn(-c3cc4ccc3CCc3ccc(cc3)CC4)nn2)cc1. The Morgan fingerprint density at radius 3 is 2.11 bits per heavy atom. The van der Waals surface area contributed by atoms with Gasteiger partial charge in [0.05, 0.1) is 11.9 Å². The maximum absolute atomic E-state index is 4.44. The van der Waals surface area contributed by atoms with Gasteiger partial charge in [0.25, 0.3) is 0 Å². The molecule has 0 radical (unpaired) electrons. The van der Waals surface area contributed by atoms with Crippen LogP contribution in [0.5, 0.6) is 0 Å². The molecule has 1 heterocycles. The van der Waals surface area contributed by atoms with Crippen molar-refractivity contribution in [3.8, 4) is 16.9 Å². The summed E-state index contributed by atoms with van der Waals surface area (Å²) in [6.45, 7) is 0. The third-order valence-electron chi connectivity index (χ3n) is 5.37. The van der Waals surface area contributed by atoms with Gasteiger partial charge >= 0.3 is 0 Å². The molecule has 0 fully saturated rings. The van der Waals surface area contributed by atoms with E-state index in [1.807, 2.05) is 29.1 Å². The van der Waals surface area contributed by atoms with Crippen LogP contribution in [0.25, 0.3) is 16.9 Å². The van der Waals surface area contributed by atoms with Crippen LogP contribution in [0.3, 0.4) is 0 Å². The van der Waals surface area contributed by atoms with E-state index >= 15 is 0 Å². The first-order chi connectivity index (χ1) is 13.3. The standard InChI is InChI=1S/C24H21N3/c1-2-4-21(5-3-1)23-17-27(26-25-23)24-16-20-11-10-18-6-8-19(9-7-18)12-14-22(24)15-13-20/h1-9,13,15-17H,10-12,14H2. The molecule has 0 aliphatic heterocycles. The first kappa shape index (κ1) is 16.0. The van der Waals surface area contributed by atoms with E-state index in [2.05, 4.69) is 64.9 Å². The molecule has 0 amide bonds. The molecule has 0 saturated carbocycles. The van der Waals surface area contributed by atoms with Crippen molar-refractivity contribution in [1.29, 1.82) is 0 Å². The Kier molecular flexibility index (Phi) is 4.06. The van der Waals surface area contributed by atoms with Crippen molar-refractivity contribution < 1.29 is 0 Å². The van der Waals surface area contributed by atoms with Crippen molar-refractivity contribution in [2.75, 3.05) is 0 Å². The summed E-state index contributed by atoms with van der Waals surface area (Å²) in [6, 6.07) is 26.1. The van der Waals surface area contributed by atoms with Gasteiger partial charge in [-0.1, -0.05) is 71.9 Å². The second kappa shape index (κ2) is 6.84. The number of nitrogens with zero attached hydrogens (tertiary/aromatic N) is 3. The van der Waals surface area contributed by atoms with Crippen molar-refractivity contribution in [3.63, 3.8) is 0 Å². The molecule has 27 heavy (non-hydrogen) atoms. The topological polar surface area (TPSA) is 30.7 Å². The van der Waals surface area contributed by atoms with Crippen molar-refractivity contribution in [2.24, 2.45) is 0 Å². The lowest BCUT2D eigenvalue weighted by Crippen LogP contribution is -2.05. The molecule has 3 heteroatoms. The molecule has 3 aromatic carbocycles. The second-order valence-corrected chi connectivity index (χ2v) is 7.19. The molecule has 0 saturated heterocycles. The van der Waals surface area contributed by atoms with Gasteiger partial charge in [-0.15, -0.1) is 5.10 Å². The van der Waals surface area contributed by atoms with Gasteiger partial charge in [-0.05, 0) is 54.0 Å². The highest BCUT2D eigenvalue weighted by Crippen LogP contribution is 2.23. The normalized spacial score (nSPS) is 13.3. The van der Waals surface area contributed by atoms with Crippen LogP contribution >= 0.6 is 0 Å². The highest BCUT2D eigenvalue weighted by atomic mass is 15.4. The van der Waals surface area contributed by atoms with Crippen LogP contribution in [0.2, 0.25) is 0 Å². The molecule has 132 valence electrons. The van der Waals surface area contributed by atoms with Crippen LogP contribution in [-0.4, -0.2) is 15.0 Å². The summed E-state index contributed by atoms with van der Waals surface area (Å²) in [5.74, 6) is 0. The largest absolute Gasteiger partial charge is 0.220 e. The molecule has 8 rings (SSSR count). The Morgan fingerprint density at radius 1 is 0.667 bits per heavy atom. The fourth-order valence-corrected chi connectivity index (χ4v) is 3.75. The van der Waals surface area contributed by atoms with E-state index < -0.39 is 0 Å². The molecule has 4 aromatic rings. The average molecular weight is 351 g/mol. The van der Waals surface area contributed by atoms with Gasteiger partial charge < -0.3 is 0 Å². The predicted molar refractivity (Wildman–Crippen MR) is 108 cm³/mol. The quantitative estimate of drug-likeness (QED) is 0.518. The van der Waals surface area contributed by atoms with Crippen LogP contribution in [0.4, 0.5) is 0 Å². The van der Waals surface area contributed by atoms with Crippen LogP contribution in [0, 0.1) is 0 Å². The van der Waals surface area contributed by atoms with Crippen molar-refractivity contribution in [1.82, 2.24) is 15.0 Å². The van der Waals surface area contributed by atoms with E-state index in [1.165, 1.54) is 22.3 Å². The van der Waals surface area contributed by atoms with Crippen LogP contribution in [-0.2, 0) is 25.7 Å². The zero-order chi connectivity index (χ0) is 18.1. The molecule has 4 aliphatic rings. The molecule has 4 bridgehead atoms. The fraction of sp³-hybridized carbons (Fsp3) is 0.167. The molecule has 0 N–H and O–H groups in total. The molecular formula is C24H21N3. The molecule has 1 aromatic heterocycles. The number of aromatic nitrogens is 3. The third kappa shape index (κ3) is 3.28. The smallest absolute Gasteiger partial charge is 0.113 e. The molecule has 0 unspecified atom stereocenters. The summed E-state index contributed by atoms with van der Waals surface area (Å²) in [4.78, 5) is 0. The highest BCUT2D eigenvalue weighted by molar-refractivity contribution is 5.58. The minimum atomic E-state index is 0.905. The first-order valence-corrected chi connectivity index (χ1v) is 9.53. The summed E-state index contributed by atoms with van der Waals surface area (Å²) in [6.07, 6.45) is 6.17. The van der Waals surface area contributed by atoms with Crippen molar-refractivity contribution in [3.05, 3.63) is 101 Å². The second-order valence-electron chi connectivity index (χ2n) is 7.19. The lowest BCUT2D eigenvalue weighted by Gasteiger charge is -2.14. The Labute approximate surface area is 159 Å². The summed E-state index contributed by atoms with van der Waals surface area (Å²) in [5.41, 5.74) is 8.59. The van der Waals surface area contributed by atoms with E-state index in [4.69, 9.17) is 0 Å². The molecular weight excluding hydrogens is 330 g/mol. The maximum Gasteiger partial charge on any atom is 0.113 e. The summed E-state index contributed by atoms with van der Waals surface area (Å²) in [7, 11) is 0. The first-order valence-electron chi connectivity index (χ1n) is 9.53. The van der Waals surface area contributed by atoms with Gasteiger partial charge in [-0.3, -0.25) is 0 Å². The fourth-order valence-electron chi connectivity index (χ4n) is 3.75. The predicted octanol–water partition coefficient (Wildman–Crippen LogP) is 4.82. The summed E-state index contributed by atoms with van der Waals surface area (Å²) in [5, 5.41) is 8.85. The van der Waals surface area contributed by atoms with E-state index in [0.29, 0.717) is 0 Å². The Hall–Kier alpha value is -3.20. The average Bonchev–Trinajstić information content (AvgIpc) is 3.21. The van der Waals surface area contributed by atoms with E-state index in [0.717, 1.165) is 42.6 Å². The van der Waals surface area contributed by atoms with Gasteiger partial charge in [0.15, 0.2) is 0 Å². The minimum absolute atomic E-state index is 0.905. The molecule has 0 atom stereocenters. The van der Waals surface area contributed by atoms with Gasteiger partial charge in [0.2, 0.25) is 0 Å². The monoisotopic (exact) mass is 351 g/mol. The van der Waals surface area contributed by atoms with Crippen LogP contribution in [0.15, 0.2) is 79.0 Å². The number of benzene rings is 3. The zero-order valence-electron chi connectivity index (χ0n) is 15.2. The molecule has 4 aliphatic carbocycles. The van der Waals surface area contributed by atoms with E-state index in [9.17, 15) is 0 Å². The number of aryl methyl sites for hydroxylation is 4. The lowest BCUT2D eigenvalue weighted by atomic mass is 9.95. The van der Waals surface area contributed by atoms with Gasteiger partial charge in [0, 0.05) is 5.56 Å². The summed E-state index contributed by atoms with van der Waals surface area (Å²) >= 11 is 0. The molecule has 0 spiro atoms. The van der Waals surface area contributed by atoms with E-state index in [1.54, 1.807) is 0 Å². The van der Waals surface area contributed by atoms with Gasteiger partial charge in [-0.2, -0.15) is 0 Å². The van der Waals surface area contributed by atoms with Gasteiger partial charge in [-0.25, -0.2) is 4.68 Å². The lowest BCUT2D eigenvalue weighted by molar-refractivity contribution is 0.784. The van der Waals surface area contributed by atoms with Crippen molar-refractivity contribution >= 4 is 0 Å². The number of rotatable bonds is 2. The zero-order valence-corrected chi connectivity index (χ0v) is 15.2. The Balaban J connectivity index is 1.54. The molecule has 3 nitrogen and oxygen atoms in total. The minimum Gasteiger partial charge on any atom is -0.220 e. The van der Waals surface area contributed by atoms with Gasteiger partial charge in [0.1, 0.15) is 5.69 Å². The Morgan fingerprint density at radius 2 is 1.33 bits per heavy atom. The van der Waals surface area contributed by atoms with E-state index in [-0.39, 0.29) is 0 Å². The highest BCUT2D eigenvalue weighted by Gasteiger charge is 2.12. The number of hydrogen-bond donors (Lipinski definition) is 0. The maximum atomic E-state index is 4.44. The summed E-state index contributed by atoms with van der Waals surface area (Å²) < 4.78 is 1.94.